The molecule has 0 aliphatic carbocycles. The van der Waals surface area contributed by atoms with Crippen LogP contribution in [0.25, 0.3) is 11.3 Å². The highest BCUT2D eigenvalue weighted by Gasteiger charge is 2.24. The van der Waals surface area contributed by atoms with E-state index in [1.807, 2.05) is 23.1 Å². The molecule has 9 heteroatoms. The molecule has 9 nitrogen and oxygen atoms in total. The normalized spacial score (nSPS) is 13.1. The Morgan fingerprint density at radius 2 is 2.03 bits per heavy atom. The average molecular weight is 407 g/mol. The van der Waals surface area contributed by atoms with E-state index in [1.165, 1.54) is 0 Å². The zero-order valence-electron chi connectivity index (χ0n) is 16.7. The van der Waals surface area contributed by atoms with Crippen molar-refractivity contribution in [1.29, 1.82) is 0 Å². The lowest BCUT2D eigenvalue weighted by molar-refractivity contribution is 0.100. The minimum atomic E-state index is -0.525. The van der Waals surface area contributed by atoms with Crippen LogP contribution in [-0.4, -0.2) is 48.5 Å². The van der Waals surface area contributed by atoms with Crippen LogP contribution in [-0.2, 0) is 6.54 Å². The van der Waals surface area contributed by atoms with Crippen molar-refractivity contribution >= 4 is 11.7 Å². The Bertz CT molecular complexity index is 1070. The number of carbonyl (C=O) groups is 1. The molecule has 30 heavy (non-hydrogen) atoms. The molecule has 2 aromatic heterocycles. The summed E-state index contributed by atoms with van der Waals surface area (Å²) in [5.74, 6) is 1.68. The second-order valence-corrected chi connectivity index (χ2v) is 6.64. The van der Waals surface area contributed by atoms with Gasteiger partial charge < -0.3 is 24.8 Å². The van der Waals surface area contributed by atoms with Crippen LogP contribution in [0.5, 0.6) is 17.4 Å². The minimum Gasteiger partial charge on any atom is -0.493 e. The highest BCUT2D eigenvalue weighted by atomic mass is 16.5. The van der Waals surface area contributed by atoms with Gasteiger partial charge in [-0.2, -0.15) is 0 Å². The molecule has 0 spiro atoms. The summed E-state index contributed by atoms with van der Waals surface area (Å²) in [7, 11) is 3.13. The van der Waals surface area contributed by atoms with E-state index in [4.69, 9.17) is 19.9 Å². The number of nitrogens with zero attached hydrogens (tertiary/aromatic N) is 4. The summed E-state index contributed by atoms with van der Waals surface area (Å²) in [6.45, 7) is 1.40. The molecule has 0 saturated carbocycles. The third-order valence-electron chi connectivity index (χ3n) is 4.82. The molecule has 1 amide bonds. The maximum atomic E-state index is 11.9. The monoisotopic (exact) mass is 407 g/mol. The maximum Gasteiger partial charge on any atom is 0.252 e. The number of hydrogen-bond donors (Lipinski definition) is 1. The van der Waals surface area contributed by atoms with E-state index in [2.05, 4.69) is 15.2 Å². The lowest BCUT2D eigenvalue weighted by Crippen LogP contribution is -2.29. The van der Waals surface area contributed by atoms with E-state index < -0.39 is 5.91 Å². The highest BCUT2D eigenvalue weighted by molar-refractivity contribution is 5.97. The molecule has 154 valence electrons. The van der Waals surface area contributed by atoms with Gasteiger partial charge in [0.15, 0.2) is 11.5 Å². The van der Waals surface area contributed by atoms with Crippen LogP contribution in [0.2, 0.25) is 0 Å². The lowest BCUT2D eigenvalue weighted by Gasteiger charge is -2.22. The number of rotatable bonds is 5. The molecule has 0 bridgehead atoms. The Hall–Kier alpha value is -3.88. The average Bonchev–Trinajstić information content (AvgIpc) is 3.01. The number of ether oxygens (including phenoxy) is 3. The number of amides is 1. The molecule has 2 N–H and O–H groups in total. The van der Waals surface area contributed by atoms with Gasteiger partial charge in [-0.05, 0) is 30.3 Å². The minimum absolute atomic E-state index is 0.366. The summed E-state index contributed by atoms with van der Waals surface area (Å²) in [5.41, 5.74) is 8.27. The van der Waals surface area contributed by atoms with Gasteiger partial charge in [-0.3, -0.25) is 4.79 Å². The van der Waals surface area contributed by atoms with Crippen molar-refractivity contribution < 1.29 is 19.0 Å². The third-order valence-corrected chi connectivity index (χ3v) is 4.82. The Balaban J connectivity index is 1.76. The van der Waals surface area contributed by atoms with Crippen LogP contribution in [0.1, 0.15) is 15.9 Å². The number of benzene rings is 1. The number of aromatic nitrogens is 3. The van der Waals surface area contributed by atoms with Gasteiger partial charge >= 0.3 is 0 Å². The smallest absolute Gasteiger partial charge is 0.252 e. The van der Waals surface area contributed by atoms with Crippen molar-refractivity contribution in [2.24, 2.45) is 5.73 Å². The quantitative estimate of drug-likeness (QED) is 0.684. The van der Waals surface area contributed by atoms with Gasteiger partial charge in [0.2, 0.25) is 5.88 Å². The zero-order valence-corrected chi connectivity index (χ0v) is 16.7. The standard InChI is InChI=1S/C21H21N5O4/c1-28-17-11-13(16-5-6-18(29-2)25-24-16)10-14-12-26(8-9-30-19(14)17)21-15(20(22)27)4-3-7-23-21/h3-7,10-11H,8-9,12H2,1-2H3,(H2,22,27). The largest absolute Gasteiger partial charge is 0.493 e. The van der Waals surface area contributed by atoms with Crippen LogP contribution in [0.15, 0.2) is 42.6 Å². The first kappa shape index (κ1) is 19.4. The molecule has 0 fully saturated rings. The summed E-state index contributed by atoms with van der Waals surface area (Å²) in [4.78, 5) is 18.2. The Labute approximate surface area is 173 Å². The van der Waals surface area contributed by atoms with Gasteiger partial charge in [0.05, 0.1) is 32.0 Å². The second-order valence-electron chi connectivity index (χ2n) is 6.64. The highest BCUT2D eigenvalue weighted by Crippen LogP contribution is 2.38. The first-order valence-electron chi connectivity index (χ1n) is 9.32. The molecular weight excluding hydrogens is 386 g/mol. The van der Waals surface area contributed by atoms with Crippen molar-refractivity contribution in [2.75, 3.05) is 32.3 Å². The number of pyridine rings is 1. The second kappa shape index (κ2) is 8.24. The van der Waals surface area contributed by atoms with Crippen molar-refractivity contribution in [3.05, 3.63) is 53.7 Å². The molecule has 1 aromatic carbocycles. The van der Waals surface area contributed by atoms with Gasteiger partial charge in [-0.15, -0.1) is 10.2 Å². The van der Waals surface area contributed by atoms with Gasteiger partial charge in [0, 0.05) is 29.9 Å². The van der Waals surface area contributed by atoms with Crippen LogP contribution < -0.4 is 24.8 Å². The summed E-state index contributed by atoms with van der Waals surface area (Å²) in [5, 5.41) is 8.26. The Kier molecular flexibility index (Phi) is 5.34. The van der Waals surface area contributed by atoms with Crippen LogP contribution >= 0.6 is 0 Å². The molecule has 1 aliphatic heterocycles. The van der Waals surface area contributed by atoms with Crippen LogP contribution in [0.4, 0.5) is 5.82 Å². The van der Waals surface area contributed by atoms with Crippen molar-refractivity contribution in [1.82, 2.24) is 15.2 Å². The van der Waals surface area contributed by atoms with Crippen molar-refractivity contribution in [2.45, 2.75) is 6.54 Å². The van der Waals surface area contributed by atoms with Crippen molar-refractivity contribution in [3.63, 3.8) is 0 Å². The SMILES string of the molecule is COc1ccc(-c2cc3c(c(OC)c2)OCCN(c2ncccc2C(N)=O)C3)nn1. The number of methoxy groups -OCH3 is 2. The van der Waals surface area contributed by atoms with Crippen molar-refractivity contribution in [3.8, 4) is 28.6 Å². The van der Waals surface area contributed by atoms with Gasteiger partial charge in [-0.1, -0.05) is 0 Å². The molecule has 4 rings (SSSR count). The number of anilines is 1. The van der Waals surface area contributed by atoms with Gasteiger partial charge in [0.25, 0.3) is 5.91 Å². The molecular formula is C21H21N5O4. The predicted molar refractivity (Wildman–Crippen MR) is 110 cm³/mol. The fourth-order valence-electron chi connectivity index (χ4n) is 3.39. The molecule has 0 saturated heterocycles. The summed E-state index contributed by atoms with van der Waals surface area (Å²) in [6, 6.07) is 10.8. The Morgan fingerprint density at radius 1 is 1.17 bits per heavy atom. The zero-order chi connectivity index (χ0) is 21.1. The third kappa shape index (κ3) is 3.69. The number of primary amides is 1. The van der Waals surface area contributed by atoms with E-state index >= 15 is 0 Å². The maximum absolute atomic E-state index is 11.9. The summed E-state index contributed by atoms with van der Waals surface area (Å²) < 4.78 is 16.6. The number of carbonyl (C=O) groups excluding carboxylic acids is 1. The van der Waals surface area contributed by atoms with E-state index in [0.29, 0.717) is 54.2 Å². The van der Waals surface area contributed by atoms with E-state index in [9.17, 15) is 4.79 Å². The topological polar surface area (TPSA) is 113 Å². The van der Waals surface area contributed by atoms with Gasteiger partial charge in [0.1, 0.15) is 12.4 Å². The number of hydrogen-bond acceptors (Lipinski definition) is 8. The predicted octanol–water partition coefficient (Wildman–Crippen LogP) is 2.05. The molecule has 0 radical (unpaired) electrons. The van der Waals surface area contributed by atoms with Crippen LogP contribution in [0, 0.1) is 0 Å². The molecule has 0 unspecified atom stereocenters. The summed E-state index contributed by atoms with van der Waals surface area (Å²) >= 11 is 0. The van der Waals surface area contributed by atoms with E-state index in [1.54, 1.807) is 38.6 Å². The fraction of sp³-hybridized carbons (Fsp3) is 0.238. The lowest BCUT2D eigenvalue weighted by atomic mass is 10.0. The summed E-state index contributed by atoms with van der Waals surface area (Å²) in [6.07, 6.45) is 1.64. The molecule has 3 heterocycles. The fourth-order valence-corrected chi connectivity index (χ4v) is 3.39. The van der Waals surface area contributed by atoms with E-state index in [-0.39, 0.29) is 0 Å². The van der Waals surface area contributed by atoms with E-state index in [0.717, 1.165) is 11.1 Å². The molecule has 0 atom stereocenters. The number of fused-ring (bicyclic) bond motifs is 1. The molecule has 3 aromatic rings. The first-order chi connectivity index (χ1) is 14.6. The Morgan fingerprint density at radius 3 is 2.73 bits per heavy atom. The molecule has 1 aliphatic rings. The van der Waals surface area contributed by atoms with Gasteiger partial charge in [-0.25, -0.2) is 4.98 Å². The number of nitrogens with two attached hydrogens (primary N) is 1. The first-order valence-corrected chi connectivity index (χ1v) is 9.32. The van der Waals surface area contributed by atoms with Crippen LogP contribution in [0.3, 0.4) is 0 Å².